The number of rotatable bonds is 2. The highest BCUT2D eigenvalue weighted by atomic mass is 16.1. The number of nitrogens with zero attached hydrogens (tertiary/aromatic N) is 1. The molecule has 88 valence electrons. The van der Waals surface area contributed by atoms with Crippen molar-refractivity contribution in [1.82, 2.24) is 4.57 Å². The molecule has 0 radical (unpaired) electrons. The Morgan fingerprint density at radius 1 is 1.35 bits per heavy atom. The molecule has 0 bridgehead atoms. The number of anilines is 1. The molecule has 1 aliphatic rings. The number of aryl methyl sites for hydroxylation is 1. The molecule has 1 saturated carbocycles. The molecule has 0 spiro atoms. The maximum Gasteiger partial charge on any atom is 0.253 e. The SMILES string of the molecule is Cc1cc2cc(N)ccc2n(CC2CC2)c1=O. The maximum atomic E-state index is 12.2. The highest BCUT2D eigenvalue weighted by Crippen LogP contribution is 2.31. The molecule has 0 atom stereocenters. The van der Waals surface area contributed by atoms with Gasteiger partial charge in [0.05, 0.1) is 5.52 Å². The topological polar surface area (TPSA) is 48.0 Å². The Morgan fingerprint density at radius 2 is 2.12 bits per heavy atom. The molecule has 1 aliphatic carbocycles. The number of nitrogens with two attached hydrogens (primary N) is 1. The first-order valence-electron chi connectivity index (χ1n) is 6.05. The Kier molecular flexibility index (Phi) is 2.21. The van der Waals surface area contributed by atoms with E-state index in [9.17, 15) is 4.79 Å². The van der Waals surface area contributed by atoms with Crippen molar-refractivity contribution in [2.24, 2.45) is 5.92 Å². The van der Waals surface area contributed by atoms with Crippen LogP contribution in [0.4, 0.5) is 5.69 Å². The summed E-state index contributed by atoms with van der Waals surface area (Å²) in [5.41, 5.74) is 8.46. The van der Waals surface area contributed by atoms with Crippen molar-refractivity contribution < 1.29 is 0 Å². The van der Waals surface area contributed by atoms with Crippen molar-refractivity contribution in [2.75, 3.05) is 5.73 Å². The first-order chi connectivity index (χ1) is 8.15. The van der Waals surface area contributed by atoms with E-state index < -0.39 is 0 Å². The van der Waals surface area contributed by atoms with Crippen molar-refractivity contribution in [3.8, 4) is 0 Å². The summed E-state index contributed by atoms with van der Waals surface area (Å²) in [6.07, 6.45) is 2.49. The van der Waals surface area contributed by atoms with E-state index in [1.165, 1.54) is 12.8 Å². The third-order valence-corrected chi connectivity index (χ3v) is 3.43. The molecule has 17 heavy (non-hydrogen) atoms. The fourth-order valence-electron chi connectivity index (χ4n) is 2.29. The summed E-state index contributed by atoms with van der Waals surface area (Å²) >= 11 is 0. The summed E-state index contributed by atoms with van der Waals surface area (Å²) < 4.78 is 1.90. The van der Waals surface area contributed by atoms with Crippen LogP contribution < -0.4 is 11.3 Å². The number of hydrogen-bond donors (Lipinski definition) is 1. The second-order valence-electron chi connectivity index (χ2n) is 5.00. The zero-order valence-corrected chi connectivity index (χ0v) is 9.94. The van der Waals surface area contributed by atoms with Crippen LogP contribution in [-0.2, 0) is 6.54 Å². The predicted molar refractivity (Wildman–Crippen MR) is 70.1 cm³/mol. The van der Waals surface area contributed by atoms with Gasteiger partial charge in [-0.1, -0.05) is 0 Å². The average molecular weight is 228 g/mol. The maximum absolute atomic E-state index is 12.2. The monoisotopic (exact) mass is 228 g/mol. The van der Waals surface area contributed by atoms with Gasteiger partial charge in [0.2, 0.25) is 0 Å². The summed E-state index contributed by atoms with van der Waals surface area (Å²) in [4.78, 5) is 12.2. The molecule has 3 heteroatoms. The number of aromatic nitrogens is 1. The minimum Gasteiger partial charge on any atom is -0.399 e. The van der Waals surface area contributed by atoms with Crippen LogP contribution in [0.5, 0.6) is 0 Å². The van der Waals surface area contributed by atoms with Crippen LogP contribution in [0, 0.1) is 12.8 Å². The van der Waals surface area contributed by atoms with Gasteiger partial charge in [-0.3, -0.25) is 4.79 Å². The zero-order valence-electron chi connectivity index (χ0n) is 9.94. The van der Waals surface area contributed by atoms with Crippen molar-refractivity contribution in [2.45, 2.75) is 26.3 Å². The number of fused-ring (bicyclic) bond motifs is 1. The summed E-state index contributed by atoms with van der Waals surface area (Å²) in [6.45, 7) is 2.72. The van der Waals surface area contributed by atoms with Gasteiger partial charge in [-0.25, -0.2) is 0 Å². The Balaban J connectivity index is 2.27. The smallest absolute Gasteiger partial charge is 0.253 e. The van der Waals surface area contributed by atoms with Gasteiger partial charge < -0.3 is 10.3 Å². The average Bonchev–Trinajstić information content (AvgIpc) is 3.08. The highest BCUT2D eigenvalue weighted by Gasteiger charge is 2.23. The van der Waals surface area contributed by atoms with Gasteiger partial charge in [0.15, 0.2) is 0 Å². The minimum atomic E-state index is 0.133. The number of pyridine rings is 1. The molecule has 0 unspecified atom stereocenters. The van der Waals surface area contributed by atoms with E-state index in [1.54, 1.807) is 0 Å². The number of benzene rings is 1. The van der Waals surface area contributed by atoms with E-state index in [0.717, 1.165) is 28.7 Å². The van der Waals surface area contributed by atoms with Gasteiger partial charge in [-0.05, 0) is 49.9 Å². The van der Waals surface area contributed by atoms with Crippen LogP contribution in [-0.4, -0.2) is 4.57 Å². The fourth-order valence-corrected chi connectivity index (χ4v) is 2.29. The lowest BCUT2D eigenvalue weighted by Gasteiger charge is -2.11. The molecule has 3 rings (SSSR count). The van der Waals surface area contributed by atoms with Crippen LogP contribution in [0.2, 0.25) is 0 Å². The third kappa shape index (κ3) is 1.82. The lowest BCUT2D eigenvalue weighted by atomic mass is 10.1. The van der Waals surface area contributed by atoms with Crippen LogP contribution in [0.3, 0.4) is 0 Å². The van der Waals surface area contributed by atoms with E-state index in [0.29, 0.717) is 5.92 Å². The van der Waals surface area contributed by atoms with E-state index in [-0.39, 0.29) is 5.56 Å². The Bertz CT molecular complexity index is 638. The Labute approximate surface area is 99.9 Å². The van der Waals surface area contributed by atoms with Crippen LogP contribution >= 0.6 is 0 Å². The Morgan fingerprint density at radius 3 is 2.82 bits per heavy atom. The summed E-state index contributed by atoms with van der Waals surface area (Å²) in [7, 11) is 0. The zero-order chi connectivity index (χ0) is 12.0. The molecule has 1 aromatic heterocycles. The minimum absolute atomic E-state index is 0.133. The molecule has 0 amide bonds. The first-order valence-corrected chi connectivity index (χ1v) is 6.05. The van der Waals surface area contributed by atoms with Gasteiger partial charge >= 0.3 is 0 Å². The molecule has 3 nitrogen and oxygen atoms in total. The molecule has 0 aliphatic heterocycles. The van der Waals surface area contributed by atoms with E-state index in [1.807, 2.05) is 35.8 Å². The standard InChI is InChI=1S/C14H16N2O/c1-9-6-11-7-12(15)4-5-13(11)16(14(9)17)8-10-2-3-10/h4-7,10H,2-3,8,15H2,1H3. The molecule has 1 aromatic carbocycles. The first kappa shape index (κ1) is 10.4. The largest absolute Gasteiger partial charge is 0.399 e. The van der Waals surface area contributed by atoms with Crippen molar-refractivity contribution in [1.29, 1.82) is 0 Å². The highest BCUT2D eigenvalue weighted by molar-refractivity contribution is 5.82. The quantitative estimate of drug-likeness (QED) is 0.802. The van der Waals surface area contributed by atoms with Crippen molar-refractivity contribution in [3.05, 3.63) is 40.2 Å². The molecule has 2 N–H and O–H groups in total. The number of hydrogen-bond acceptors (Lipinski definition) is 2. The predicted octanol–water partition coefficient (Wildman–Crippen LogP) is 2.30. The van der Waals surface area contributed by atoms with Crippen LogP contribution in [0.15, 0.2) is 29.1 Å². The number of nitrogen functional groups attached to an aromatic ring is 1. The normalized spacial score (nSPS) is 15.4. The molecule has 1 heterocycles. The van der Waals surface area contributed by atoms with Crippen molar-refractivity contribution >= 4 is 16.6 Å². The molecule has 0 saturated heterocycles. The lowest BCUT2D eigenvalue weighted by Crippen LogP contribution is -2.23. The summed E-state index contributed by atoms with van der Waals surface area (Å²) in [6, 6.07) is 7.68. The van der Waals surface area contributed by atoms with Crippen molar-refractivity contribution in [3.63, 3.8) is 0 Å². The Hall–Kier alpha value is -1.77. The molecule has 2 aromatic rings. The molecule has 1 fully saturated rings. The second kappa shape index (κ2) is 3.62. The van der Waals surface area contributed by atoms with Gasteiger partial charge in [0.25, 0.3) is 5.56 Å². The fraction of sp³-hybridized carbons (Fsp3) is 0.357. The van der Waals surface area contributed by atoms with Gasteiger partial charge in [-0.15, -0.1) is 0 Å². The second-order valence-corrected chi connectivity index (χ2v) is 5.00. The van der Waals surface area contributed by atoms with Crippen LogP contribution in [0.1, 0.15) is 18.4 Å². The summed E-state index contributed by atoms with van der Waals surface area (Å²) in [5.74, 6) is 0.690. The molecular formula is C14H16N2O. The van der Waals surface area contributed by atoms with Crippen LogP contribution in [0.25, 0.3) is 10.9 Å². The van der Waals surface area contributed by atoms with Gasteiger partial charge in [0.1, 0.15) is 0 Å². The van der Waals surface area contributed by atoms with E-state index in [2.05, 4.69) is 0 Å². The van der Waals surface area contributed by atoms with Gasteiger partial charge in [0, 0.05) is 23.2 Å². The summed E-state index contributed by atoms with van der Waals surface area (Å²) in [5, 5.41) is 1.06. The van der Waals surface area contributed by atoms with E-state index in [4.69, 9.17) is 5.73 Å². The van der Waals surface area contributed by atoms with E-state index >= 15 is 0 Å². The van der Waals surface area contributed by atoms with Gasteiger partial charge in [-0.2, -0.15) is 0 Å². The third-order valence-electron chi connectivity index (χ3n) is 3.43. The lowest BCUT2D eigenvalue weighted by molar-refractivity contribution is 0.624. The molecular weight excluding hydrogens is 212 g/mol.